The lowest BCUT2D eigenvalue weighted by molar-refractivity contribution is 0.867. The topological polar surface area (TPSA) is 0 Å². The molecule has 0 bridgehead atoms. The summed E-state index contributed by atoms with van der Waals surface area (Å²) in [4.78, 5) is 0. The van der Waals surface area contributed by atoms with Crippen molar-refractivity contribution in [3.63, 3.8) is 0 Å². The van der Waals surface area contributed by atoms with Crippen molar-refractivity contribution in [3.05, 3.63) is 71.8 Å². The van der Waals surface area contributed by atoms with Gasteiger partial charge in [-0.2, -0.15) is 0 Å². The smallest absolute Gasteiger partial charge is 0.0219 e. The maximum atomic E-state index is 2.20. The Balaban J connectivity index is 0. The number of hydrogen-bond acceptors (Lipinski definition) is 0. The normalized spacial score (nSPS) is 8.95. The van der Waals surface area contributed by atoms with Gasteiger partial charge < -0.3 is 0 Å². The highest BCUT2D eigenvalue weighted by Crippen LogP contribution is 2.12. The van der Waals surface area contributed by atoms with Crippen LogP contribution in [0.5, 0.6) is 0 Å². The molecule has 2 rings (SSSR count). The molecule has 2 aromatic rings. The zero-order chi connectivity index (χ0) is 15.4. The summed E-state index contributed by atoms with van der Waals surface area (Å²) < 4.78 is 0. The summed E-state index contributed by atoms with van der Waals surface area (Å²) in [6, 6.07) is 21.0. The Morgan fingerprint density at radius 2 is 0.762 bits per heavy atom. The van der Waals surface area contributed by atoms with Gasteiger partial charge in [-0.1, -0.05) is 102 Å². The van der Waals surface area contributed by atoms with Crippen LogP contribution in [0.1, 0.15) is 64.5 Å². The van der Waals surface area contributed by atoms with Crippen molar-refractivity contribution in [2.75, 3.05) is 0 Å². The zero-order valence-electron chi connectivity index (χ0n) is 14.3. The minimum atomic E-state index is 0. The van der Waals surface area contributed by atoms with Gasteiger partial charge in [-0.15, -0.1) is 0 Å². The molecule has 0 nitrogen and oxygen atoms in total. The van der Waals surface area contributed by atoms with Gasteiger partial charge in [0.25, 0.3) is 0 Å². The summed E-state index contributed by atoms with van der Waals surface area (Å²) in [5, 5.41) is 0. The fourth-order valence-electron chi connectivity index (χ4n) is 1.68. The molecule has 0 N–H and O–H groups in total. The van der Waals surface area contributed by atoms with E-state index in [1.165, 1.54) is 11.1 Å². The highest BCUT2D eigenvalue weighted by molar-refractivity contribution is 5.18. The van der Waals surface area contributed by atoms with E-state index in [0.717, 1.165) is 0 Å². The van der Waals surface area contributed by atoms with Crippen molar-refractivity contribution in [1.29, 1.82) is 0 Å². The Bertz CT molecular complexity index is 375. The van der Waals surface area contributed by atoms with E-state index in [1.807, 2.05) is 26.0 Å². The maximum absolute atomic E-state index is 2.20. The Kier molecular flexibility index (Phi) is 13.8. The predicted octanol–water partition coefficient (Wildman–Crippen LogP) is 6.80. The first-order valence-corrected chi connectivity index (χ1v) is 7.71. The lowest BCUT2D eigenvalue weighted by Crippen LogP contribution is -1.83. The van der Waals surface area contributed by atoms with Crippen molar-refractivity contribution in [2.45, 2.75) is 53.4 Å². The predicted molar refractivity (Wildman–Crippen MR) is 94.9 cm³/mol. The third-order valence-corrected chi connectivity index (χ3v) is 2.93. The Labute approximate surface area is 130 Å². The van der Waals surface area contributed by atoms with Crippen LogP contribution in [-0.2, 0) is 0 Å². The van der Waals surface area contributed by atoms with Gasteiger partial charge in [0.15, 0.2) is 0 Å². The average molecular weight is 290 g/mol. The van der Waals surface area contributed by atoms with E-state index >= 15 is 0 Å². The van der Waals surface area contributed by atoms with Gasteiger partial charge in [0.1, 0.15) is 0 Å². The molecule has 0 radical (unpaired) electrons. The maximum Gasteiger partial charge on any atom is -0.0219 e. The van der Waals surface area contributed by atoms with Crippen LogP contribution in [0.15, 0.2) is 60.7 Å². The molecule has 0 aliphatic carbocycles. The molecule has 0 fully saturated rings. The summed E-state index contributed by atoms with van der Waals surface area (Å²) in [5.74, 6) is 1.32. The molecular formula is C20H31F. The fraction of sp³-hybridized carbons (Fsp3) is 0.400. The molecule has 2 aromatic carbocycles. The molecular weight excluding hydrogens is 259 g/mol. The molecule has 0 saturated carbocycles. The minimum absolute atomic E-state index is 0. The lowest BCUT2D eigenvalue weighted by atomic mass is 10.0. The zero-order valence-corrected chi connectivity index (χ0v) is 14.3. The number of benzene rings is 2. The third-order valence-electron chi connectivity index (χ3n) is 2.93. The summed E-state index contributed by atoms with van der Waals surface area (Å²) in [7, 11) is 0. The van der Waals surface area contributed by atoms with Crippen LogP contribution in [0.3, 0.4) is 0 Å². The molecule has 21 heavy (non-hydrogen) atoms. The first-order chi connectivity index (χ1) is 9.61. The van der Waals surface area contributed by atoms with E-state index < -0.39 is 0 Å². The second-order valence-corrected chi connectivity index (χ2v) is 5.13. The van der Waals surface area contributed by atoms with Gasteiger partial charge in [-0.25, -0.2) is 0 Å². The minimum Gasteiger partial charge on any atom is -0.269 e. The molecule has 0 amide bonds. The number of halogens is 1. The molecule has 0 aliphatic heterocycles. The highest BCUT2D eigenvalue weighted by atomic mass is 19.0. The van der Waals surface area contributed by atoms with Gasteiger partial charge >= 0.3 is 0 Å². The molecule has 1 heteroatoms. The van der Waals surface area contributed by atoms with E-state index in [-0.39, 0.29) is 4.70 Å². The van der Waals surface area contributed by atoms with E-state index in [1.54, 1.807) is 0 Å². The van der Waals surface area contributed by atoms with Crippen LogP contribution in [-0.4, -0.2) is 0 Å². The Morgan fingerprint density at radius 3 is 0.905 bits per heavy atom. The fourth-order valence-corrected chi connectivity index (χ4v) is 1.68. The second kappa shape index (κ2) is 13.4. The molecule has 0 spiro atoms. The molecule has 0 atom stereocenters. The van der Waals surface area contributed by atoms with Gasteiger partial charge in [0.2, 0.25) is 0 Å². The van der Waals surface area contributed by atoms with E-state index in [2.05, 4.69) is 76.2 Å². The van der Waals surface area contributed by atoms with Gasteiger partial charge in [0.05, 0.1) is 0 Å². The quantitative estimate of drug-likeness (QED) is 0.570. The Morgan fingerprint density at radius 1 is 0.524 bits per heavy atom. The van der Waals surface area contributed by atoms with Gasteiger partial charge in [-0.3, -0.25) is 4.70 Å². The van der Waals surface area contributed by atoms with E-state index in [0.29, 0.717) is 11.8 Å². The standard InChI is InChI=1S/2C9H12.C2H6.FH/c2*1-8(2)9-6-4-3-5-7-9;1-2;/h2*3-8H,1-2H3;1-2H3;1H. The first-order valence-electron chi connectivity index (χ1n) is 7.71. The van der Waals surface area contributed by atoms with Crippen LogP contribution in [0, 0.1) is 0 Å². The second-order valence-electron chi connectivity index (χ2n) is 5.13. The van der Waals surface area contributed by atoms with Crippen LogP contribution < -0.4 is 0 Å². The van der Waals surface area contributed by atoms with Crippen molar-refractivity contribution >= 4 is 0 Å². The lowest BCUT2D eigenvalue weighted by Gasteiger charge is -2.01. The first kappa shape index (κ1) is 21.7. The monoisotopic (exact) mass is 290 g/mol. The van der Waals surface area contributed by atoms with E-state index in [9.17, 15) is 0 Å². The van der Waals surface area contributed by atoms with Crippen molar-refractivity contribution in [2.24, 2.45) is 0 Å². The van der Waals surface area contributed by atoms with Crippen molar-refractivity contribution in [3.8, 4) is 0 Å². The van der Waals surface area contributed by atoms with Crippen LogP contribution >= 0.6 is 0 Å². The van der Waals surface area contributed by atoms with Crippen LogP contribution in [0.2, 0.25) is 0 Å². The SMILES string of the molecule is CC.CC(C)c1ccccc1.CC(C)c1ccccc1.F. The number of hydrogen-bond donors (Lipinski definition) is 0. The molecule has 0 saturated heterocycles. The number of rotatable bonds is 2. The average Bonchev–Trinajstić information content (AvgIpc) is 2.51. The summed E-state index contributed by atoms with van der Waals surface area (Å²) in [6.07, 6.45) is 0. The Hall–Kier alpha value is -1.63. The van der Waals surface area contributed by atoms with Crippen molar-refractivity contribution < 1.29 is 4.70 Å². The molecule has 118 valence electrons. The third kappa shape index (κ3) is 9.84. The summed E-state index contributed by atoms with van der Waals surface area (Å²) in [6.45, 7) is 12.8. The molecule has 0 aliphatic rings. The van der Waals surface area contributed by atoms with E-state index in [4.69, 9.17) is 0 Å². The molecule has 0 unspecified atom stereocenters. The van der Waals surface area contributed by atoms with Crippen LogP contribution in [0.4, 0.5) is 4.70 Å². The molecule has 0 heterocycles. The summed E-state index contributed by atoms with van der Waals surface area (Å²) in [5.41, 5.74) is 2.83. The highest BCUT2D eigenvalue weighted by Gasteiger charge is 1.94. The largest absolute Gasteiger partial charge is 0.269 e. The van der Waals surface area contributed by atoms with Crippen molar-refractivity contribution in [1.82, 2.24) is 0 Å². The van der Waals surface area contributed by atoms with Gasteiger partial charge in [0, 0.05) is 0 Å². The molecule has 0 aromatic heterocycles. The van der Waals surface area contributed by atoms with Gasteiger partial charge in [-0.05, 0) is 23.0 Å². The summed E-state index contributed by atoms with van der Waals surface area (Å²) >= 11 is 0. The van der Waals surface area contributed by atoms with Crippen LogP contribution in [0.25, 0.3) is 0 Å².